The Kier molecular flexibility index (Phi) is 3.36. The fraction of sp³-hybridized carbons (Fsp3) is 0.0833. The van der Waals surface area contributed by atoms with Gasteiger partial charge in [-0.2, -0.15) is 13.2 Å². The highest BCUT2D eigenvalue weighted by atomic mass is 35.5. The van der Waals surface area contributed by atoms with Gasteiger partial charge in [0.15, 0.2) is 11.0 Å². The van der Waals surface area contributed by atoms with Gasteiger partial charge < -0.3 is 4.42 Å². The zero-order valence-electron chi connectivity index (χ0n) is 9.09. The number of alkyl halides is 3. The molecule has 0 saturated heterocycles. The van der Waals surface area contributed by atoms with Crippen molar-refractivity contribution in [3.8, 4) is 0 Å². The van der Waals surface area contributed by atoms with Crippen LogP contribution in [0.2, 0.25) is 5.22 Å². The molecule has 0 aliphatic rings. The lowest BCUT2D eigenvalue weighted by molar-refractivity contribution is -0.140. The van der Waals surface area contributed by atoms with Crippen LogP contribution in [0, 0.1) is 5.82 Å². The van der Waals surface area contributed by atoms with E-state index in [9.17, 15) is 22.4 Å². The maximum absolute atomic E-state index is 13.3. The van der Waals surface area contributed by atoms with Crippen LogP contribution in [0.3, 0.4) is 0 Å². The van der Waals surface area contributed by atoms with Crippen molar-refractivity contribution in [2.75, 3.05) is 0 Å². The number of hydrogen-bond acceptors (Lipinski definition) is 2. The fourth-order valence-corrected chi connectivity index (χ4v) is 1.61. The van der Waals surface area contributed by atoms with Crippen LogP contribution < -0.4 is 0 Å². The maximum atomic E-state index is 13.3. The lowest BCUT2D eigenvalue weighted by Gasteiger charge is -2.08. The van der Waals surface area contributed by atoms with Crippen molar-refractivity contribution < 1.29 is 26.8 Å². The number of ketones is 1. The minimum atomic E-state index is -4.81. The van der Waals surface area contributed by atoms with Crippen molar-refractivity contribution >= 4 is 17.4 Å². The molecular weight excluding hydrogens is 288 g/mol. The molecule has 0 saturated carbocycles. The summed E-state index contributed by atoms with van der Waals surface area (Å²) >= 11 is 5.47. The Morgan fingerprint density at radius 2 is 1.84 bits per heavy atom. The van der Waals surface area contributed by atoms with Crippen molar-refractivity contribution in [2.45, 2.75) is 6.18 Å². The van der Waals surface area contributed by atoms with Crippen molar-refractivity contribution in [1.29, 1.82) is 0 Å². The summed E-state index contributed by atoms with van der Waals surface area (Å²) in [4.78, 5) is 11.8. The van der Waals surface area contributed by atoms with E-state index in [1.54, 1.807) is 0 Å². The van der Waals surface area contributed by atoms with E-state index in [-0.39, 0.29) is 16.5 Å². The minimum absolute atomic E-state index is 0.0456. The highest BCUT2D eigenvalue weighted by Gasteiger charge is 2.34. The molecule has 0 fully saturated rings. The molecule has 0 bridgehead atoms. The molecule has 1 aromatic heterocycles. The third-order valence-corrected chi connectivity index (χ3v) is 2.54. The summed E-state index contributed by atoms with van der Waals surface area (Å²) in [5, 5.41) is -0.0456. The molecule has 7 heteroatoms. The van der Waals surface area contributed by atoms with Gasteiger partial charge in [-0.3, -0.25) is 4.79 Å². The van der Waals surface area contributed by atoms with Gasteiger partial charge in [0, 0.05) is 5.56 Å². The van der Waals surface area contributed by atoms with Gasteiger partial charge in [0.1, 0.15) is 5.82 Å². The van der Waals surface area contributed by atoms with E-state index < -0.39 is 23.3 Å². The topological polar surface area (TPSA) is 30.2 Å². The fourth-order valence-electron chi connectivity index (χ4n) is 1.46. The maximum Gasteiger partial charge on any atom is 0.419 e. The first-order chi connectivity index (χ1) is 8.79. The van der Waals surface area contributed by atoms with Gasteiger partial charge in [-0.05, 0) is 35.9 Å². The highest BCUT2D eigenvalue weighted by molar-refractivity contribution is 6.29. The SMILES string of the molecule is O=C(c1ccc(C(F)(F)F)c(F)c1)c1ccc(Cl)o1. The molecule has 0 atom stereocenters. The Labute approximate surface area is 109 Å². The summed E-state index contributed by atoms with van der Waals surface area (Å²) in [6.45, 7) is 0. The van der Waals surface area contributed by atoms with Crippen LogP contribution >= 0.6 is 11.6 Å². The number of hydrogen-bond donors (Lipinski definition) is 0. The van der Waals surface area contributed by atoms with Crippen LogP contribution in [-0.4, -0.2) is 5.78 Å². The minimum Gasteiger partial charge on any atom is -0.441 e. The largest absolute Gasteiger partial charge is 0.441 e. The molecule has 2 nitrogen and oxygen atoms in total. The molecule has 0 N–H and O–H groups in total. The predicted molar refractivity (Wildman–Crippen MR) is 58.6 cm³/mol. The average Bonchev–Trinajstić information content (AvgIpc) is 2.73. The Morgan fingerprint density at radius 1 is 1.16 bits per heavy atom. The van der Waals surface area contributed by atoms with Crippen molar-refractivity contribution in [2.24, 2.45) is 0 Å². The molecule has 0 amide bonds. The lowest BCUT2D eigenvalue weighted by Crippen LogP contribution is -2.09. The van der Waals surface area contributed by atoms with Gasteiger partial charge in [-0.1, -0.05) is 6.07 Å². The Balaban J connectivity index is 2.38. The summed E-state index contributed by atoms with van der Waals surface area (Å²) in [5.41, 5.74) is -1.68. The van der Waals surface area contributed by atoms with Gasteiger partial charge in [0.25, 0.3) is 0 Å². The second-order valence-electron chi connectivity index (χ2n) is 3.63. The zero-order valence-corrected chi connectivity index (χ0v) is 9.85. The highest BCUT2D eigenvalue weighted by Crippen LogP contribution is 2.32. The number of benzene rings is 1. The molecule has 2 rings (SSSR count). The third-order valence-electron chi connectivity index (χ3n) is 2.33. The molecule has 1 heterocycles. The molecule has 1 aromatic carbocycles. The Bertz CT molecular complexity index is 631. The number of carbonyl (C=O) groups is 1. The molecular formula is C12H5ClF4O2. The molecule has 19 heavy (non-hydrogen) atoms. The van der Waals surface area contributed by atoms with E-state index in [0.717, 1.165) is 6.07 Å². The molecule has 100 valence electrons. The van der Waals surface area contributed by atoms with Gasteiger partial charge in [-0.15, -0.1) is 0 Å². The predicted octanol–water partition coefficient (Wildman–Crippen LogP) is 4.32. The standard InChI is InChI=1S/C12H5ClF4O2/c13-10-4-3-9(19-10)11(18)6-1-2-7(8(14)5-6)12(15,16)17/h1-5H. The van der Waals surface area contributed by atoms with E-state index in [0.29, 0.717) is 12.1 Å². The van der Waals surface area contributed by atoms with Crippen LogP contribution in [0.15, 0.2) is 34.7 Å². The monoisotopic (exact) mass is 292 g/mol. The quantitative estimate of drug-likeness (QED) is 0.609. The summed E-state index contributed by atoms with van der Waals surface area (Å²) in [6, 6.07) is 4.45. The second kappa shape index (κ2) is 4.70. The van der Waals surface area contributed by atoms with Crippen molar-refractivity contribution in [1.82, 2.24) is 0 Å². The van der Waals surface area contributed by atoms with Crippen molar-refractivity contribution in [3.05, 3.63) is 58.3 Å². The van der Waals surface area contributed by atoms with E-state index in [1.165, 1.54) is 12.1 Å². The number of rotatable bonds is 2. The van der Waals surface area contributed by atoms with Gasteiger partial charge in [0.05, 0.1) is 5.56 Å². The van der Waals surface area contributed by atoms with Crippen LogP contribution in [0.4, 0.5) is 17.6 Å². The van der Waals surface area contributed by atoms with E-state index in [4.69, 9.17) is 16.0 Å². The average molecular weight is 293 g/mol. The normalized spacial score (nSPS) is 11.6. The zero-order chi connectivity index (χ0) is 14.2. The first-order valence-corrected chi connectivity index (χ1v) is 5.33. The van der Waals surface area contributed by atoms with Gasteiger partial charge in [-0.25, -0.2) is 4.39 Å². The van der Waals surface area contributed by atoms with E-state index in [2.05, 4.69) is 0 Å². The van der Waals surface area contributed by atoms with Gasteiger partial charge >= 0.3 is 6.18 Å². The molecule has 0 spiro atoms. The molecule has 0 unspecified atom stereocenters. The van der Waals surface area contributed by atoms with Crippen molar-refractivity contribution in [3.63, 3.8) is 0 Å². The number of furan rings is 1. The van der Waals surface area contributed by atoms with Crippen LogP contribution in [0.5, 0.6) is 0 Å². The van der Waals surface area contributed by atoms with E-state index in [1.807, 2.05) is 0 Å². The Morgan fingerprint density at radius 3 is 2.32 bits per heavy atom. The first kappa shape index (κ1) is 13.6. The van der Waals surface area contributed by atoms with Crippen LogP contribution in [0.25, 0.3) is 0 Å². The van der Waals surface area contributed by atoms with Gasteiger partial charge in [0.2, 0.25) is 5.78 Å². The molecule has 0 aliphatic heterocycles. The number of carbonyl (C=O) groups excluding carboxylic acids is 1. The molecule has 0 radical (unpaired) electrons. The second-order valence-corrected chi connectivity index (χ2v) is 4.00. The molecule has 2 aromatic rings. The van der Waals surface area contributed by atoms with E-state index >= 15 is 0 Å². The molecule has 0 aliphatic carbocycles. The third kappa shape index (κ3) is 2.78. The van der Waals surface area contributed by atoms with Crippen LogP contribution in [-0.2, 0) is 6.18 Å². The number of halogens is 5. The summed E-state index contributed by atoms with van der Waals surface area (Å²) < 4.78 is 55.1. The Hall–Kier alpha value is -1.82. The summed E-state index contributed by atoms with van der Waals surface area (Å²) in [7, 11) is 0. The lowest BCUT2D eigenvalue weighted by atomic mass is 10.1. The smallest absolute Gasteiger partial charge is 0.419 e. The summed E-state index contributed by atoms with van der Waals surface area (Å²) in [5.74, 6) is -2.44. The first-order valence-electron chi connectivity index (χ1n) is 4.96. The summed E-state index contributed by atoms with van der Waals surface area (Å²) in [6.07, 6.45) is -4.81. The van der Waals surface area contributed by atoms with Crippen LogP contribution in [0.1, 0.15) is 21.7 Å².